The minimum absolute atomic E-state index is 0.0804. The van der Waals surface area contributed by atoms with Gasteiger partial charge in [0, 0.05) is 18.9 Å². The quantitative estimate of drug-likeness (QED) is 0.352. The van der Waals surface area contributed by atoms with Crippen molar-refractivity contribution in [2.45, 2.75) is 6.42 Å². The summed E-state index contributed by atoms with van der Waals surface area (Å²) in [6.45, 7) is 3.26. The first kappa shape index (κ1) is 13.5. The van der Waals surface area contributed by atoms with Gasteiger partial charge in [-0.05, 0) is 0 Å². The van der Waals surface area contributed by atoms with E-state index in [9.17, 15) is 26.7 Å². The SMILES string of the molecule is C=CC1CC(=O)N(c2c(F)c(F)c(F)c(F)c2F)C1. The van der Waals surface area contributed by atoms with Gasteiger partial charge in [-0.1, -0.05) is 6.08 Å². The van der Waals surface area contributed by atoms with Crippen LogP contribution in [0.5, 0.6) is 0 Å². The van der Waals surface area contributed by atoms with Crippen LogP contribution in [0.15, 0.2) is 12.7 Å². The number of anilines is 1. The normalized spacial score (nSPS) is 19.1. The van der Waals surface area contributed by atoms with Crippen LogP contribution in [0, 0.1) is 35.0 Å². The van der Waals surface area contributed by atoms with Gasteiger partial charge in [-0.3, -0.25) is 4.79 Å². The molecule has 19 heavy (non-hydrogen) atoms. The van der Waals surface area contributed by atoms with Gasteiger partial charge in [0.1, 0.15) is 5.69 Å². The zero-order valence-electron chi connectivity index (χ0n) is 9.52. The molecule has 1 unspecified atom stereocenters. The number of carbonyl (C=O) groups excluding carboxylic acids is 1. The fourth-order valence-corrected chi connectivity index (χ4v) is 1.94. The molecule has 0 radical (unpaired) electrons. The maximum Gasteiger partial charge on any atom is 0.227 e. The minimum atomic E-state index is -2.24. The maximum absolute atomic E-state index is 13.5. The Bertz CT molecular complexity index is 543. The Morgan fingerprint density at radius 3 is 1.89 bits per heavy atom. The summed E-state index contributed by atoms with van der Waals surface area (Å²) in [4.78, 5) is 12.1. The van der Waals surface area contributed by atoms with E-state index in [4.69, 9.17) is 0 Å². The van der Waals surface area contributed by atoms with Crippen LogP contribution < -0.4 is 4.90 Å². The van der Waals surface area contributed by atoms with Crippen LogP contribution in [0.1, 0.15) is 6.42 Å². The van der Waals surface area contributed by atoms with E-state index in [1.807, 2.05) is 0 Å². The van der Waals surface area contributed by atoms with Crippen LogP contribution in [0.2, 0.25) is 0 Å². The molecule has 1 amide bonds. The van der Waals surface area contributed by atoms with Gasteiger partial charge >= 0.3 is 0 Å². The second kappa shape index (κ2) is 4.64. The maximum atomic E-state index is 13.5. The van der Waals surface area contributed by atoms with Gasteiger partial charge in [0.15, 0.2) is 23.3 Å². The number of hydrogen-bond acceptors (Lipinski definition) is 1. The first-order chi connectivity index (χ1) is 8.88. The highest BCUT2D eigenvalue weighted by Crippen LogP contribution is 2.34. The Hall–Kier alpha value is -1.92. The van der Waals surface area contributed by atoms with E-state index in [1.165, 1.54) is 6.08 Å². The topological polar surface area (TPSA) is 20.3 Å². The van der Waals surface area contributed by atoms with E-state index in [0.29, 0.717) is 4.90 Å². The molecule has 1 aromatic carbocycles. The number of nitrogens with zero attached hydrogens (tertiary/aromatic N) is 1. The number of carbonyl (C=O) groups is 1. The van der Waals surface area contributed by atoms with Crippen molar-refractivity contribution in [2.24, 2.45) is 5.92 Å². The molecule has 0 aromatic heterocycles. The molecule has 1 atom stereocenters. The molecular formula is C12H8F5NO. The van der Waals surface area contributed by atoms with Gasteiger partial charge in [-0.15, -0.1) is 6.58 Å². The fourth-order valence-electron chi connectivity index (χ4n) is 1.94. The van der Waals surface area contributed by atoms with Crippen molar-refractivity contribution >= 4 is 11.6 Å². The molecule has 1 saturated heterocycles. The number of amides is 1. The average Bonchev–Trinajstić information content (AvgIpc) is 2.76. The van der Waals surface area contributed by atoms with Crippen LogP contribution in [-0.4, -0.2) is 12.5 Å². The van der Waals surface area contributed by atoms with E-state index in [-0.39, 0.29) is 18.9 Å². The van der Waals surface area contributed by atoms with Crippen molar-refractivity contribution in [1.82, 2.24) is 0 Å². The standard InChI is InChI=1S/C12H8F5NO/c1-2-5-3-6(19)18(4-5)12-10(16)8(14)7(13)9(15)11(12)17/h2,5H,1,3-4H2. The molecule has 1 aliphatic rings. The zero-order valence-corrected chi connectivity index (χ0v) is 9.52. The lowest BCUT2D eigenvalue weighted by molar-refractivity contribution is -0.117. The second-order valence-corrected chi connectivity index (χ2v) is 4.12. The van der Waals surface area contributed by atoms with Gasteiger partial charge < -0.3 is 4.90 Å². The van der Waals surface area contributed by atoms with Crippen molar-refractivity contribution in [3.05, 3.63) is 41.7 Å². The van der Waals surface area contributed by atoms with Crippen molar-refractivity contribution in [3.63, 3.8) is 0 Å². The molecule has 2 rings (SSSR count). The van der Waals surface area contributed by atoms with E-state index in [0.717, 1.165) is 0 Å². The van der Waals surface area contributed by atoms with Crippen molar-refractivity contribution in [1.29, 1.82) is 0 Å². The van der Waals surface area contributed by atoms with E-state index in [2.05, 4.69) is 6.58 Å². The van der Waals surface area contributed by atoms with E-state index < -0.39 is 40.7 Å². The summed E-state index contributed by atoms with van der Waals surface area (Å²) < 4.78 is 66.0. The Kier molecular flexibility index (Phi) is 3.30. The summed E-state index contributed by atoms with van der Waals surface area (Å²) in [6, 6.07) is 0. The lowest BCUT2D eigenvalue weighted by Gasteiger charge is -2.18. The van der Waals surface area contributed by atoms with Crippen molar-refractivity contribution in [3.8, 4) is 0 Å². The summed E-state index contributed by atoms with van der Waals surface area (Å²) >= 11 is 0. The van der Waals surface area contributed by atoms with Gasteiger partial charge in [0.25, 0.3) is 0 Å². The van der Waals surface area contributed by atoms with Gasteiger partial charge in [0.2, 0.25) is 11.7 Å². The monoisotopic (exact) mass is 277 g/mol. The zero-order chi connectivity index (χ0) is 14.3. The van der Waals surface area contributed by atoms with E-state index in [1.54, 1.807) is 0 Å². The molecule has 0 spiro atoms. The summed E-state index contributed by atoms with van der Waals surface area (Å²) in [6.07, 6.45) is 1.31. The van der Waals surface area contributed by atoms with Crippen LogP contribution >= 0.6 is 0 Å². The number of hydrogen-bond donors (Lipinski definition) is 0. The average molecular weight is 277 g/mol. The van der Waals surface area contributed by atoms with Crippen molar-refractivity contribution < 1.29 is 26.7 Å². The summed E-state index contributed by atoms with van der Waals surface area (Å²) in [7, 11) is 0. The lowest BCUT2D eigenvalue weighted by atomic mass is 10.1. The van der Waals surface area contributed by atoms with E-state index >= 15 is 0 Å². The van der Waals surface area contributed by atoms with Gasteiger partial charge in [-0.2, -0.15) is 0 Å². The van der Waals surface area contributed by atoms with Crippen LogP contribution in [0.3, 0.4) is 0 Å². The van der Waals surface area contributed by atoms with Gasteiger partial charge in [-0.25, -0.2) is 22.0 Å². The highest BCUT2D eigenvalue weighted by atomic mass is 19.2. The first-order valence-electron chi connectivity index (χ1n) is 5.32. The van der Waals surface area contributed by atoms with Gasteiger partial charge in [0.05, 0.1) is 0 Å². The fraction of sp³-hybridized carbons (Fsp3) is 0.250. The molecule has 7 heteroatoms. The highest BCUT2D eigenvalue weighted by Gasteiger charge is 2.36. The molecule has 2 nitrogen and oxygen atoms in total. The smallest absolute Gasteiger partial charge is 0.227 e. The predicted octanol–water partition coefficient (Wildman–Crippen LogP) is 2.92. The Morgan fingerprint density at radius 2 is 1.47 bits per heavy atom. The molecule has 1 aliphatic heterocycles. The molecule has 102 valence electrons. The van der Waals surface area contributed by atoms with Crippen LogP contribution in [0.25, 0.3) is 0 Å². The lowest BCUT2D eigenvalue weighted by Crippen LogP contribution is -2.28. The number of rotatable bonds is 2. The van der Waals surface area contributed by atoms with Crippen LogP contribution in [0.4, 0.5) is 27.6 Å². The summed E-state index contributed by atoms with van der Waals surface area (Å²) in [5.41, 5.74) is -1.20. The van der Waals surface area contributed by atoms with Crippen molar-refractivity contribution in [2.75, 3.05) is 11.4 Å². The largest absolute Gasteiger partial charge is 0.306 e. The Balaban J connectivity index is 2.58. The highest BCUT2D eigenvalue weighted by molar-refractivity contribution is 5.96. The third-order valence-electron chi connectivity index (χ3n) is 2.94. The predicted molar refractivity (Wildman–Crippen MR) is 56.9 cm³/mol. The molecule has 1 heterocycles. The summed E-state index contributed by atoms with van der Waals surface area (Å²) in [5, 5.41) is 0. The number of benzene rings is 1. The molecule has 0 bridgehead atoms. The second-order valence-electron chi connectivity index (χ2n) is 4.12. The molecular weight excluding hydrogens is 269 g/mol. The Labute approximate surface area is 105 Å². The molecule has 1 fully saturated rings. The first-order valence-corrected chi connectivity index (χ1v) is 5.32. The third kappa shape index (κ3) is 1.98. The molecule has 0 N–H and O–H groups in total. The minimum Gasteiger partial charge on any atom is -0.306 e. The molecule has 1 aromatic rings. The number of halogens is 5. The Morgan fingerprint density at radius 1 is 1.00 bits per heavy atom. The van der Waals surface area contributed by atoms with Crippen LogP contribution in [-0.2, 0) is 4.79 Å². The molecule has 0 aliphatic carbocycles. The molecule has 0 saturated carbocycles. The third-order valence-corrected chi connectivity index (χ3v) is 2.94. The summed E-state index contributed by atoms with van der Waals surface area (Å²) in [5.74, 6) is -11.5.